The van der Waals surface area contributed by atoms with Gasteiger partial charge in [0.15, 0.2) is 0 Å². The van der Waals surface area contributed by atoms with Crippen LogP contribution in [0.25, 0.3) is 0 Å². The smallest absolute Gasteiger partial charge is 0.134 e. The molecule has 2 rings (SSSR count). The van der Waals surface area contributed by atoms with Gasteiger partial charge in [-0.25, -0.2) is 0 Å². The fourth-order valence-corrected chi connectivity index (χ4v) is 1.91. The van der Waals surface area contributed by atoms with Crippen LogP contribution in [-0.2, 0) is 13.7 Å². The zero-order valence-electron chi connectivity index (χ0n) is 11.8. The predicted molar refractivity (Wildman–Crippen MR) is 74.0 cm³/mol. The van der Waals surface area contributed by atoms with Crippen LogP contribution in [0.2, 0.25) is 0 Å². The zero-order valence-corrected chi connectivity index (χ0v) is 11.8. The number of benzene rings is 1. The van der Waals surface area contributed by atoms with Crippen molar-refractivity contribution in [1.82, 2.24) is 20.3 Å². The molecule has 1 aromatic heterocycles. The standard InChI is InChI=1S/C14H20N4O/c1-10-5-6-14(13(7-10)11(2)15-3)19-9-12-8-18(4)17-16-12/h5-8,11,15H,9H2,1-4H3. The summed E-state index contributed by atoms with van der Waals surface area (Å²) in [6.45, 7) is 4.63. The van der Waals surface area contributed by atoms with E-state index in [1.165, 1.54) is 5.56 Å². The highest BCUT2D eigenvalue weighted by Crippen LogP contribution is 2.26. The summed E-state index contributed by atoms with van der Waals surface area (Å²) in [4.78, 5) is 0. The highest BCUT2D eigenvalue weighted by molar-refractivity contribution is 5.39. The second-order valence-electron chi connectivity index (χ2n) is 4.72. The van der Waals surface area contributed by atoms with Crippen LogP contribution in [0.1, 0.15) is 29.8 Å². The molecule has 1 aromatic carbocycles. The normalized spacial score (nSPS) is 12.4. The minimum atomic E-state index is 0.247. The Kier molecular flexibility index (Phi) is 4.16. The van der Waals surface area contributed by atoms with Gasteiger partial charge in [0.05, 0.1) is 6.20 Å². The van der Waals surface area contributed by atoms with Gasteiger partial charge in [-0.3, -0.25) is 4.68 Å². The Hall–Kier alpha value is -1.88. The highest BCUT2D eigenvalue weighted by Gasteiger charge is 2.11. The van der Waals surface area contributed by atoms with E-state index in [9.17, 15) is 0 Å². The van der Waals surface area contributed by atoms with E-state index in [0.29, 0.717) is 6.61 Å². The quantitative estimate of drug-likeness (QED) is 0.893. The lowest BCUT2D eigenvalue weighted by atomic mass is 10.0. The third-order valence-electron chi connectivity index (χ3n) is 3.09. The zero-order chi connectivity index (χ0) is 13.8. The van der Waals surface area contributed by atoms with Crippen molar-refractivity contribution in [3.8, 4) is 5.75 Å². The van der Waals surface area contributed by atoms with Crippen molar-refractivity contribution in [1.29, 1.82) is 0 Å². The molecule has 2 aromatic rings. The molecule has 5 heteroatoms. The minimum Gasteiger partial charge on any atom is -0.487 e. The maximum atomic E-state index is 5.86. The molecule has 0 saturated carbocycles. The molecule has 0 bridgehead atoms. The summed E-state index contributed by atoms with van der Waals surface area (Å²) in [5.74, 6) is 0.887. The molecular formula is C14H20N4O. The Morgan fingerprint density at radius 2 is 2.21 bits per heavy atom. The van der Waals surface area contributed by atoms with E-state index in [1.807, 2.05) is 26.4 Å². The fraction of sp³-hybridized carbons (Fsp3) is 0.429. The number of aryl methyl sites for hydroxylation is 2. The molecule has 1 N–H and O–H groups in total. The molecule has 1 atom stereocenters. The summed E-state index contributed by atoms with van der Waals surface area (Å²) < 4.78 is 7.53. The Labute approximate surface area is 113 Å². The topological polar surface area (TPSA) is 52.0 Å². The summed E-state index contributed by atoms with van der Waals surface area (Å²) >= 11 is 0. The lowest BCUT2D eigenvalue weighted by Crippen LogP contribution is -2.14. The van der Waals surface area contributed by atoms with E-state index >= 15 is 0 Å². The average molecular weight is 260 g/mol. The molecule has 1 heterocycles. The van der Waals surface area contributed by atoms with Crippen LogP contribution in [0.3, 0.4) is 0 Å². The molecule has 0 aliphatic rings. The maximum absolute atomic E-state index is 5.86. The van der Waals surface area contributed by atoms with E-state index in [1.54, 1.807) is 4.68 Å². The van der Waals surface area contributed by atoms with Crippen molar-refractivity contribution < 1.29 is 4.74 Å². The Balaban J connectivity index is 2.15. The molecular weight excluding hydrogens is 240 g/mol. The van der Waals surface area contributed by atoms with Crippen molar-refractivity contribution in [2.45, 2.75) is 26.5 Å². The van der Waals surface area contributed by atoms with E-state index in [4.69, 9.17) is 4.74 Å². The van der Waals surface area contributed by atoms with Gasteiger partial charge in [0.25, 0.3) is 0 Å². The Morgan fingerprint density at radius 3 is 2.84 bits per heavy atom. The molecule has 19 heavy (non-hydrogen) atoms. The summed E-state index contributed by atoms with van der Waals surface area (Å²) in [5.41, 5.74) is 3.21. The van der Waals surface area contributed by atoms with E-state index in [-0.39, 0.29) is 6.04 Å². The van der Waals surface area contributed by atoms with Crippen LogP contribution in [0.4, 0.5) is 0 Å². The van der Waals surface area contributed by atoms with Crippen molar-refractivity contribution in [2.24, 2.45) is 7.05 Å². The lowest BCUT2D eigenvalue weighted by Gasteiger charge is -2.16. The minimum absolute atomic E-state index is 0.247. The SMILES string of the molecule is CNC(C)c1cc(C)ccc1OCc1cn(C)nn1. The van der Waals surface area contributed by atoms with Crippen LogP contribution >= 0.6 is 0 Å². The van der Waals surface area contributed by atoms with Crippen molar-refractivity contribution in [2.75, 3.05) is 7.05 Å². The van der Waals surface area contributed by atoms with E-state index in [2.05, 4.69) is 41.6 Å². The molecule has 0 aliphatic carbocycles. The molecule has 0 amide bonds. The largest absolute Gasteiger partial charge is 0.487 e. The molecule has 0 radical (unpaired) electrons. The van der Waals surface area contributed by atoms with Crippen LogP contribution in [0, 0.1) is 6.92 Å². The number of nitrogens with zero attached hydrogens (tertiary/aromatic N) is 3. The van der Waals surface area contributed by atoms with Gasteiger partial charge < -0.3 is 10.1 Å². The number of nitrogens with one attached hydrogen (secondary N) is 1. The molecule has 5 nitrogen and oxygen atoms in total. The van der Waals surface area contributed by atoms with Gasteiger partial charge in [-0.15, -0.1) is 5.10 Å². The van der Waals surface area contributed by atoms with Crippen LogP contribution in [0.5, 0.6) is 5.75 Å². The van der Waals surface area contributed by atoms with Gasteiger partial charge in [-0.05, 0) is 27.0 Å². The summed E-state index contributed by atoms with van der Waals surface area (Å²) in [6.07, 6.45) is 1.86. The molecule has 0 saturated heterocycles. The Bertz CT molecular complexity index is 550. The van der Waals surface area contributed by atoms with Crippen molar-refractivity contribution in [3.05, 3.63) is 41.2 Å². The lowest BCUT2D eigenvalue weighted by molar-refractivity contribution is 0.295. The third-order valence-corrected chi connectivity index (χ3v) is 3.09. The number of hydrogen-bond acceptors (Lipinski definition) is 4. The van der Waals surface area contributed by atoms with Crippen LogP contribution in [0.15, 0.2) is 24.4 Å². The fourth-order valence-electron chi connectivity index (χ4n) is 1.91. The number of hydrogen-bond donors (Lipinski definition) is 1. The first-order valence-electron chi connectivity index (χ1n) is 6.36. The first-order chi connectivity index (χ1) is 9.10. The number of rotatable bonds is 5. The summed E-state index contributed by atoms with van der Waals surface area (Å²) in [6, 6.07) is 6.46. The number of aromatic nitrogens is 3. The summed E-state index contributed by atoms with van der Waals surface area (Å²) in [7, 11) is 3.79. The first-order valence-corrected chi connectivity index (χ1v) is 6.36. The Morgan fingerprint density at radius 1 is 1.42 bits per heavy atom. The van der Waals surface area contributed by atoms with Gasteiger partial charge >= 0.3 is 0 Å². The van der Waals surface area contributed by atoms with Gasteiger partial charge in [0, 0.05) is 18.7 Å². The van der Waals surface area contributed by atoms with E-state index in [0.717, 1.165) is 17.0 Å². The van der Waals surface area contributed by atoms with Gasteiger partial charge in [-0.2, -0.15) is 0 Å². The van der Waals surface area contributed by atoms with Crippen molar-refractivity contribution in [3.63, 3.8) is 0 Å². The van der Waals surface area contributed by atoms with Gasteiger partial charge in [-0.1, -0.05) is 22.9 Å². The molecule has 102 valence electrons. The molecule has 1 unspecified atom stereocenters. The third kappa shape index (κ3) is 3.32. The molecule has 0 spiro atoms. The van der Waals surface area contributed by atoms with Gasteiger partial charge in [0.2, 0.25) is 0 Å². The second-order valence-corrected chi connectivity index (χ2v) is 4.72. The summed E-state index contributed by atoms with van der Waals surface area (Å²) in [5, 5.41) is 11.1. The predicted octanol–water partition coefficient (Wildman–Crippen LogP) is 1.98. The monoisotopic (exact) mass is 260 g/mol. The number of ether oxygens (including phenoxy) is 1. The molecule has 0 aliphatic heterocycles. The van der Waals surface area contributed by atoms with Crippen molar-refractivity contribution >= 4 is 0 Å². The van der Waals surface area contributed by atoms with Crippen LogP contribution in [-0.4, -0.2) is 22.0 Å². The van der Waals surface area contributed by atoms with Crippen LogP contribution < -0.4 is 10.1 Å². The van der Waals surface area contributed by atoms with Gasteiger partial charge in [0.1, 0.15) is 18.1 Å². The highest BCUT2D eigenvalue weighted by atomic mass is 16.5. The average Bonchev–Trinajstić information content (AvgIpc) is 2.82. The second kappa shape index (κ2) is 5.84. The van der Waals surface area contributed by atoms with E-state index < -0.39 is 0 Å². The molecule has 0 fully saturated rings. The first kappa shape index (κ1) is 13.5. The maximum Gasteiger partial charge on any atom is 0.134 e.